The predicted molar refractivity (Wildman–Crippen MR) is 135 cm³/mol. The number of carbonyl (C=O) groups is 3. The molecule has 0 aromatic heterocycles. The molecule has 0 atom stereocenters. The molecule has 0 unspecified atom stereocenters. The van der Waals surface area contributed by atoms with Crippen LogP contribution in [0.4, 0.5) is 16.2 Å². The lowest BCUT2D eigenvalue weighted by Gasteiger charge is -2.28. The molecule has 2 aliphatic rings. The van der Waals surface area contributed by atoms with Crippen molar-refractivity contribution < 1.29 is 14.4 Å². The molecule has 178 valence electrons. The van der Waals surface area contributed by atoms with Crippen LogP contribution in [0.2, 0.25) is 0 Å². The molecule has 7 heteroatoms. The second-order valence-electron chi connectivity index (χ2n) is 9.05. The Kier molecular flexibility index (Phi) is 5.99. The molecule has 2 aliphatic heterocycles. The summed E-state index contributed by atoms with van der Waals surface area (Å²) < 4.78 is 0. The maximum absolute atomic E-state index is 13.7. The van der Waals surface area contributed by atoms with Crippen LogP contribution in [0.25, 0.3) is 0 Å². The molecule has 0 spiro atoms. The van der Waals surface area contributed by atoms with Gasteiger partial charge in [0.1, 0.15) is 6.54 Å². The molecule has 4 amide bonds. The number of nitrogens with zero attached hydrogens (tertiary/aromatic N) is 2. The minimum absolute atomic E-state index is 0.376. The van der Waals surface area contributed by atoms with Crippen LogP contribution in [0.5, 0.6) is 0 Å². The van der Waals surface area contributed by atoms with Crippen molar-refractivity contribution in [3.63, 3.8) is 0 Å². The van der Waals surface area contributed by atoms with Gasteiger partial charge in [0.15, 0.2) is 5.54 Å². The van der Waals surface area contributed by atoms with Gasteiger partial charge in [0.25, 0.3) is 5.91 Å². The number of hydrogen-bond acceptors (Lipinski definition) is 4. The molecule has 2 N–H and O–H groups in total. The van der Waals surface area contributed by atoms with E-state index in [0.29, 0.717) is 16.8 Å². The number of rotatable bonds is 6. The van der Waals surface area contributed by atoms with E-state index in [1.165, 1.54) is 12.8 Å². The van der Waals surface area contributed by atoms with E-state index in [1.54, 1.807) is 24.3 Å². The van der Waals surface area contributed by atoms with Gasteiger partial charge in [0.2, 0.25) is 5.91 Å². The van der Waals surface area contributed by atoms with Crippen LogP contribution in [0.15, 0.2) is 78.9 Å². The Morgan fingerprint density at radius 1 is 0.914 bits per heavy atom. The number of carbonyl (C=O) groups excluding carboxylic acids is 3. The minimum Gasteiger partial charge on any atom is -0.372 e. The van der Waals surface area contributed by atoms with Gasteiger partial charge in [0.05, 0.1) is 0 Å². The fourth-order valence-electron chi connectivity index (χ4n) is 4.95. The molecule has 0 aliphatic carbocycles. The molecule has 3 aromatic carbocycles. The monoisotopic (exact) mass is 468 g/mol. The Labute approximate surface area is 204 Å². The lowest BCUT2D eigenvalue weighted by molar-refractivity contribution is -0.133. The Morgan fingerprint density at radius 2 is 1.51 bits per heavy atom. The Bertz CT molecular complexity index is 1210. The predicted octanol–water partition coefficient (Wildman–Crippen LogP) is 4.03. The molecule has 2 fully saturated rings. The van der Waals surface area contributed by atoms with E-state index in [4.69, 9.17) is 0 Å². The number of aryl methyl sites for hydroxylation is 1. The summed E-state index contributed by atoms with van der Waals surface area (Å²) in [5, 5.41) is 5.74. The van der Waals surface area contributed by atoms with E-state index in [2.05, 4.69) is 21.6 Å². The second kappa shape index (κ2) is 9.25. The largest absolute Gasteiger partial charge is 0.372 e. The highest BCUT2D eigenvalue weighted by Crippen LogP contribution is 2.36. The molecule has 7 nitrogen and oxygen atoms in total. The van der Waals surface area contributed by atoms with Gasteiger partial charge in [-0.2, -0.15) is 0 Å². The summed E-state index contributed by atoms with van der Waals surface area (Å²) in [6.45, 7) is 3.65. The van der Waals surface area contributed by atoms with Crippen LogP contribution in [-0.4, -0.2) is 42.4 Å². The van der Waals surface area contributed by atoms with Crippen molar-refractivity contribution in [2.75, 3.05) is 29.9 Å². The van der Waals surface area contributed by atoms with Crippen LogP contribution in [0.3, 0.4) is 0 Å². The van der Waals surface area contributed by atoms with Crippen LogP contribution in [0, 0.1) is 6.92 Å². The van der Waals surface area contributed by atoms with Gasteiger partial charge in [0, 0.05) is 24.5 Å². The number of urea groups is 1. The molecule has 0 bridgehead atoms. The topological polar surface area (TPSA) is 81.8 Å². The van der Waals surface area contributed by atoms with E-state index in [1.807, 2.05) is 55.5 Å². The zero-order valence-corrected chi connectivity index (χ0v) is 19.7. The first kappa shape index (κ1) is 22.7. The van der Waals surface area contributed by atoms with E-state index in [0.717, 1.165) is 29.2 Å². The fraction of sp³-hybridized carbons (Fsp3) is 0.250. The third-order valence-corrected chi connectivity index (χ3v) is 6.78. The van der Waals surface area contributed by atoms with E-state index in [9.17, 15) is 14.4 Å². The van der Waals surface area contributed by atoms with Crippen LogP contribution >= 0.6 is 0 Å². The standard InChI is InChI=1S/C28H28N4O3/c1-20-18-23(31-16-8-9-17-31)14-15-24(20)29-25(33)19-32-26(34)28(30-27(32)35,21-10-4-2-5-11-21)22-12-6-3-7-13-22/h2-7,10-15,18H,8-9,16-17,19H2,1H3,(H,29,33)(H,30,35). The number of benzene rings is 3. The molecular formula is C28H28N4O3. The van der Waals surface area contributed by atoms with Gasteiger partial charge < -0.3 is 15.5 Å². The van der Waals surface area contributed by atoms with Gasteiger partial charge in [-0.05, 0) is 54.7 Å². The molecule has 35 heavy (non-hydrogen) atoms. The summed E-state index contributed by atoms with van der Waals surface area (Å²) in [4.78, 5) is 43.0. The summed E-state index contributed by atoms with van der Waals surface area (Å²) in [6.07, 6.45) is 2.38. The van der Waals surface area contributed by atoms with Crippen LogP contribution in [-0.2, 0) is 15.1 Å². The molecule has 2 saturated heterocycles. The van der Waals surface area contributed by atoms with E-state index >= 15 is 0 Å². The van der Waals surface area contributed by atoms with Crippen molar-refractivity contribution in [2.24, 2.45) is 0 Å². The first-order chi connectivity index (χ1) is 17.0. The first-order valence-electron chi connectivity index (χ1n) is 11.9. The normalized spacial score (nSPS) is 16.9. The highest BCUT2D eigenvalue weighted by atomic mass is 16.2. The quantitative estimate of drug-likeness (QED) is 0.535. The number of amides is 4. The average Bonchev–Trinajstić information content (AvgIpc) is 3.50. The van der Waals surface area contributed by atoms with E-state index in [-0.39, 0.29) is 6.54 Å². The third-order valence-electron chi connectivity index (χ3n) is 6.78. The van der Waals surface area contributed by atoms with Crippen molar-refractivity contribution in [1.82, 2.24) is 10.2 Å². The Hall–Kier alpha value is -4.13. The zero-order chi connectivity index (χ0) is 24.4. The minimum atomic E-state index is -1.38. The fourth-order valence-corrected chi connectivity index (χ4v) is 4.95. The second-order valence-corrected chi connectivity index (χ2v) is 9.05. The number of nitrogens with one attached hydrogen (secondary N) is 2. The Morgan fingerprint density at radius 3 is 2.09 bits per heavy atom. The maximum Gasteiger partial charge on any atom is 0.326 e. The van der Waals surface area contributed by atoms with Crippen LogP contribution in [0.1, 0.15) is 29.5 Å². The zero-order valence-electron chi connectivity index (χ0n) is 19.7. The molecule has 3 aromatic rings. The molecule has 0 radical (unpaired) electrons. The lowest BCUT2D eigenvalue weighted by Crippen LogP contribution is -2.45. The van der Waals surface area contributed by atoms with Gasteiger partial charge in [-0.25, -0.2) is 4.79 Å². The number of anilines is 2. The van der Waals surface area contributed by atoms with E-state index < -0.39 is 23.4 Å². The number of hydrogen-bond donors (Lipinski definition) is 2. The van der Waals surface area contributed by atoms with Gasteiger partial charge in [-0.3, -0.25) is 14.5 Å². The highest BCUT2D eigenvalue weighted by Gasteiger charge is 2.54. The van der Waals surface area contributed by atoms with Gasteiger partial charge in [-0.15, -0.1) is 0 Å². The molecule has 5 rings (SSSR count). The maximum atomic E-state index is 13.7. The smallest absolute Gasteiger partial charge is 0.326 e. The van der Waals surface area contributed by atoms with Gasteiger partial charge in [-0.1, -0.05) is 60.7 Å². The van der Waals surface area contributed by atoms with Crippen molar-refractivity contribution in [1.29, 1.82) is 0 Å². The van der Waals surface area contributed by atoms with Crippen molar-refractivity contribution >= 4 is 29.2 Å². The molecular weight excluding hydrogens is 440 g/mol. The third kappa shape index (κ3) is 4.14. The van der Waals surface area contributed by atoms with Crippen molar-refractivity contribution in [2.45, 2.75) is 25.3 Å². The summed E-state index contributed by atoms with van der Waals surface area (Å²) >= 11 is 0. The van der Waals surface area contributed by atoms with Gasteiger partial charge >= 0.3 is 6.03 Å². The summed E-state index contributed by atoms with van der Waals surface area (Å²) in [5.74, 6) is -0.904. The Balaban J connectivity index is 1.37. The first-order valence-corrected chi connectivity index (χ1v) is 11.9. The average molecular weight is 469 g/mol. The summed E-state index contributed by atoms with van der Waals surface area (Å²) in [7, 11) is 0. The van der Waals surface area contributed by atoms with Crippen molar-refractivity contribution in [3.05, 3.63) is 95.6 Å². The highest BCUT2D eigenvalue weighted by molar-refractivity contribution is 6.12. The number of imide groups is 1. The van der Waals surface area contributed by atoms with Crippen molar-refractivity contribution in [3.8, 4) is 0 Å². The molecule has 0 saturated carbocycles. The summed E-state index contributed by atoms with van der Waals surface area (Å²) in [6, 6.07) is 23.6. The van der Waals surface area contributed by atoms with Crippen LogP contribution < -0.4 is 15.5 Å². The molecule has 2 heterocycles. The summed E-state index contributed by atoms with van der Waals surface area (Å²) in [5.41, 5.74) is 2.64. The lowest BCUT2D eigenvalue weighted by atomic mass is 9.82. The SMILES string of the molecule is Cc1cc(N2CCCC2)ccc1NC(=O)CN1C(=O)NC(c2ccccc2)(c2ccccc2)C1=O.